The van der Waals surface area contributed by atoms with Gasteiger partial charge in [0, 0.05) is 43.3 Å². The van der Waals surface area contributed by atoms with Crippen LogP contribution in [0.25, 0.3) is 0 Å². The molecule has 168 valence electrons. The average Bonchev–Trinajstić information content (AvgIpc) is 3.35. The van der Waals surface area contributed by atoms with Crippen molar-refractivity contribution in [1.82, 2.24) is 20.1 Å². The molecule has 1 aromatic carbocycles. The van der Waals surface area contributed by atoms with E-state index in [0.717, 1.165) is 11.3 Å². The van der Waals surface area contributed by atoms with Gasteiger partial charge in [-0.15, -0.1) is 0 Å². The second-order valence-electron chi connectivity index (χ2n) is 8.80. The second-order valence-corrected chi connectivity index (χ2v) is 8.80. The molecule has 1 N–H and O–H groups in total. The van der Waals surface area contributed by atoms with Gasteiger partial charge in [-0.25, -0.2) is 0 Å². The number of rotatable bonds is 4. The van der Waals surface area contributed by atoms with Gasteiger partial charge in [0.2, 0.25) is 0 Å². The topological polar surface area (TPSA) is 78.7 Å². The van der Waals surface area contributed by atoms with Crippen molar-refractivity contribution < 1.29 is 14.0 Å². The van der Waals surface area contributed by atoms with Gasteiger partial charge in [-0.05, 0) is 43.7 Å². The number of carbonyl (C=O) groups is 2. The summed E-state index contributed by atoms with van der Waals surface area (Å²) >= 11 is 0. The number of carbonyl (C=O) groups excluding carboxylic acids is 2. The fraction of sp³-hybridized carbons (Fsp3) is 0.269. The lowest BCUT2D eigenvalue weighted by Gasteiger charge is -2.35. The van der Waals surface area contributed by atoms with Crippen molar-refractivity contribution in [2.24, 2.45) is 0 Å². The Hall–Kier alpha value is -3.87. The Morgan fingerprint density at radius 3 is 2.58 bits per heavy atom. The highest BCUT2D eigenvalue weighted by Crippen LogP contribution is 2.44. The highest BCUT2D eigenvalue weighted by atomic mass is 16.3. The maximum Gasteiger partial charge on any atom is 0.255 e. The maximum absolute atomic E-state index is 14.0. The smallest absolute Gasteiger partial charge is 0.255 e. The van der Waals surface area contributed by atoms with Crippen molar-refractivity contribution in [1.29, 1.82) is 0 Å². The minimum atomic E-state index is -0.627. The second kappa shape index (κ2) is 8.24. The van der Waals surface area contributed by atoms with E-state index in [2.05, 4.69) is 10.3 Å². The van der Waals surface area contributed by atoms with Crippen LogP contribution in [0.2, 0.25) is 0 Å². The fourth-order valence-electron chi connectivity index (χ4n) is 4.78. The minimum absolute atomic E-state index is 0.0952. The van der Waals surface area contributed by atoms with Crippen LogP contribution >= 0.6 is 0 Å². The van der Waals surface area contributed by atoms with E-state index in [9.17, 15) is 9.59 Å². The summed E-state index contributed by atoms with van der Waals surface area (Å²) in [5.74, 6) is 0.308. The molecule has 2 aliphatic heterocycles. The van der Waals surface area contributed by atoms with Gasteiger partial charge < -0.3 is 19.5 Å². The zero-order valence-corrected chi connectivity index (χ0v) is 18.7. The van der Waals surface area contributed by atoms with Gasteiger partial charge >= 0.3 is 0 Å². The van der Waals surface area contributed by atoms with Crippen molar-refractivity contribution in [2.75, 3.05) is 13.1 Å². The zero-order chi connectivity index (χ0) is 23.0. The molecule has 0 bridgehead atoms. The van der Waals surface area contributed by atoms with E-state index in [1.165, 1.54) is 0 Å². The third-order valence-corrected chi connectivity index (χ3v) is 6.46. The molecule has 2 aliphatic rings. The van der Waals surface area contributed by atoms with Crippen LogP contribution in [-0.4, -0.2) is 45.2 Å². The van der Waals surface area contributed by atoms with Crippen molar-refractivity contribution in [2.45, 2.75) is 32.0 Å². The van der Waals surface area contributed by atoms with E-state index in [0.29, 0.717) is 36.5 Å². The molecule has 0 saturated carbocycles. The third-order valence-electron chi connectivity index (χ3n) is 6.46. The van der Waals surface area contributed by atoms with E-state index in [1.807, 2.05) is 55.1 Å². The molecule has 0 fully saturated rings. The predicted molar refractivity (Wildman–Crippen MR) is 123 cm³/mol. The van der Waals surface area contributed by atoms with Crippen molar-refractivity contribution in [3.8, 4) is 0 Å². The van der Waals surface area contributed by atoms with Crippen LogP contribution in [0.5, 0.6) is 0 Å². The largest absolute Gasteiger partial charge is 0.467 e. The first kappa shape index (κ1) is 21.0. The Morgan fingerprint density at radius 2 is 1.88 bits per heavy atom. The average molecular weight is 443 g/mol. The lowest BCUT2D eigenvalue weighted by atomic mass is 9.95. The number of nitrogens with zero attached hydrogens (tertiary/aromatic N) is 3. The Bertz CT molecular complexity index is 1190. The predicted octanol–water partition coefficient (Wildman–Crippen LogP) is 3.54. The van der Waals surface area contributed by atoms with Crippen LogP contribution < -0.4 is 5.32 Å². The highest BCUT2D eigenvalue weighted by molar-refractivity contribution is 6.02. The number of aromatic nitrogens is 1. The van der Waals surface area contributed by atoms with E-state index >= 15 is 0 Å². The molecule has 2 aromatic heterocycles. The molecule has 1 atom stereocenters. The normalized spacial score (nSPS) is 19.8. The molecule has 5 rings (SSSR count). The molecule has 4 heterocycles. The Morgan fingerprint density at radius 1 is 1.12 bits per heavy atom. The SMILES string of the molecule is CC1(C)C2=C(C(=O)N1Cc1ccccc1)C(c1ccco1)N(C(=O)c1ccncc1)CCN2. The maximum atomic E-state index is 14.0. The van der Waals surface area contributed by atoms with Crippen LogP contribution in [-0.2, 0) is 11.3 Å². The number of pyridine rings is 1. The molecule has 7 heteroatoms. The first-order chi connectivity index (χ1) is 16.0. The van der Waals surface area contributed by atoms with E-state index < -0.39 is 11.6 Å². The lowest BCUT2D eigenvalue weighted by Crippen LogP contribution is -2.47. The van der Waals surface area contributed by atoms with E-state index in [1.54, 1.807) is 41.8 Å². The van der Waals surface area contributed by atoms with Gasteiger partial charge in [0.25, 0.3) is 11.8 Å². The molecular formula is C26H26N4O3. The van der Waals surface area contributed by atoms with Gasteiger partial charge in [0.1, 0.15) is 11.8 Å². The Kier molecular flexibility index (Phi) is 5.24. The number of hydrogen-bond acceptors (Lipinski definition) is 5. The molecule has 33 heavy (non-hydrogen) atoms. The molecule has 0 saturated heterocycles. The monoisotopic (exact) mass is 442 g/mol. The number of amides is 2. The first-order valence-electron chi connectivity index (χ1n) is 11.1. The summed E-state index contributed by atoms with van der Waals surface area (Å²) in [5, 5.41) is 3.48. The van der Waals surface area contributed by atoms with Crippen molar-refractivity contribution in [3.05, 3.63) is 101 Å². The van der Waals surface area contributed by atoms with E-state index in [4.69, 9.17) is 4.42 Å². The van der Waals surface area contributed by atoms with E-state index in [-0.39, 0.29) is 11.8 Å². The quantitative estimate of drug-likeness (QED) is 0.669. The van der Waals surface area contributed by atoms with Crippen LogP contribution in [0.4, 0.5) is 0 Å². The minimum Gasteiger partial charge on any atom is -0.467 e. The van der Waals surface area contributed by atoms with Crippen molar-refractivity contribution >= 4 is 11.8 Å². The Balaban J connectivity index is 1.59. The standard InChI is InChI=1S/C26H26N4O3/c1-26(2)23-21(25(32)30(26)17-18-7-4-3-5-8-18)22(20-9-6-16-33-20)29(15-14-28-23)24(31)19-10-12-27-13-11-19/h3-13,16,22,28H,14-15,17H2,1-2H3. The zero-order valence-electron chi connectivity index (χ0n) is 18.7. The van der Waals surface area contributed by atoms with Gasteiger partial charge in [0.05, 0.1) is 17.4 Å². The Labute approximate surface area is 192 Å². The van der Waals surface area contributed by atoms with Crippen molar-refractivity contribution in [3.63, 3.8) is 0 Å². The molecule has 3 aromatic rings. The highest BCUT2D eigenvalue weighted by Gasteiger charge is 2.51. The number of benzene rings is 1. The number of hydrogen-bond donors (Lipinski definition) is 1. The summed E-state index contributed by atoms with van der Waals surface area (Å²) in [6.07, 6.45) is 4.78. The van der Waals surface area contributed by atoms with Gasteiger partial charge in [-0.1, -0.05) is 30.3 Å². The summed E-state index contributed by atoms with van der Waals surface area (Å²) in [5.41, 5.74) is 2.41. The number of furan rings is 1. The lowest BCUT2D eigenvalue weighted by molar-refractivity contribution is -0.130. The molecule has 2 amide bonds. The summed E-state index contributed by atoms with van der Waals surface area (Å²) < 4.78 is 5.78. The summed E-state index contributed by atoms with van der Waals surface area (Å²) in [6.45, 7) is 5.53. The summed E-state index contributed by atoms with van der Waals surface area (Å²) in [4.78, 5) is 35.1. The molecule has 0 spiro atoms. The third kappa shape index (κ3) is 3.59. The van der Waals surface area contributed by atoms with Crippen LogP contribution in [0.15, 0.2) is 88.9 Å². The fourth-order valence-corrected chi connectivity index (χ4v) is 4.78. The molecule has 0 radical (unpaired) electrons. The molecule has 7 nitrogen and oxygen atoms in total. The van der Waals surface area contributed by atoms with Gasteiger partial charge in [0.15, 0.2) is 0 Å². The summed E-state index contributed by atoms with van der Waals surface area (Å²) in [6, 6.07) is 16.3. The van der Waals surface area contributed by atoms with Gasteiger partial charge in [-0.3, -0.25) is 14.6 Å². The van der Waals surface area contributed by atoms with Crippen LogP contribution in [0.1, 0.15) is 41.6 Å². The van der Waals surface area contributed by atoms with Crippen LogP contribution in [0, 0.1) is 0 Å². The molecule has 1 unspecified atom stereocenters. The molecule has 0 aliphatic carbocycles. The molecular weight excluding hydrogens is 416 g/mol. The summed E-state index contributed by atoms with van der Waals surface area (Å²) in [7, 11) is 0. The van der Waals surface area contributed by atoms with Crippen LogP contribution in [0.3, 0.4) is 0 Å². The first-order valence-corrected chi connectivity index (χ1v) is 11.1. The van der Waals surface area contributed by atoms with Gasteiger partial charge in [-0.2, -0.15) is 0 Å². The number of nitrogens with one attached hydrogen (secondary N) is 1.